The van der Waals surface area contributed by atoms with Crippen LogP contribution in [0.2, 0.25) is 0 Å². The fraction of sp³-hybridized carbons (Fsp3) is 0.667. The summed E-state index contributed by atoms with van der Waals surface area (Å²) in [5.74, 6) is -25.6. The molecule has 2 saturated heterocycles. The molecule has 15 atom stereocenters. The number of nitrogens with one attached hydrogen (secondary N) is 10. The summed E-state index contributed by atoms with van der Waals surface area (Å²) in [7, 11) is 0. The van der Waals surface area contributed by atoms with Crippen molar-refractivity contribution in [2.24, 2.45) is 41.2 Å². The number of fused-ring (bicyclic) bond motifs is 1. The second-order valence-electron chi connectivity index (χ2n) is 23.2. The minimum Gasteiger partial charge on any atom is -0.481 e. The van der Waals surface area contributed by atoms with Crippen LogP contribution in [0.15, 0.2) is 24.3 Å². The highest BCUT2D eigenvalue weighted by Crippen LogP contribution is 2.26. The fourth-order valence-corrected chi connectivity index (χ4v) is 9.41. The van der Waals surface area contributed by atoms with Crippen LogP contribution in [0, 0.1) is 35.5 Å². The minimum atomic E-state index is -2.84. The number of carboxylic acids is 4. The van der Waals surface area contributed by atoms with E-state index in [4.69, 9.17) is 5.73 Å². The summed E-state index contributed by atoms with van der Waals surface area (Å²) in [6.07, 6.45) is 4.14. The largest absolute Gasteiger partial charge is 0.481 e. The normalized spacial score (nSPS) is 26.1. The maximum absolute atomic E-state index is 14.8. The zero-order chi connectivity index (χ0) is 67.7. The number of aliphatic hydroxyl groups is 1. The van der Waals surface area contributed by atoms with Gasteiger partial charge in [-0.2, -0.15) is 0 Å². The van der Waals surface area contributed by atoms with Crippen LogP contribution in [-0.2, 0) is 71.9 Å². The maximum atomic E-state index is 14.8. The van der Waals surface area contributed by atoms with Gasteiger partial charge in [0.1, 0.15) is 54.4 Å². The molecule has 0 saturated carbocycles. The van der Waals surface area contributed by atoms with Crippen LogP contribution in [0.5, 0.6) is 0 Å². The Labute approximate surface area is 515 Å². The monoisotopic (exact) mass is 1260 g/mol. The molecular weight excluding hydrogens is 1170 g/mol. The van der Waals surface area contributed by atoms with E-state index in [9.17, 15) is 97.5 Å². The van der Waals surface area contributed by atoms with E-state index in [1.165, 1.54) is 40.7 Å². The van der Waals surface area contributed by atoms with Gasteiger partial charge in [-0.25, -0.2) is 4.79 Å². The molecule has 17 N–H and O–H groups in total. The van der Waals surface area contributed by atoms with E-state index in [0.29, 0.717) is 12.3 Å². The molecule has 0 spiro atoms. The average molecular weight is 1260 g/mol. The Balaban J connectivity index is 2.96. The number of unbranched alkanes of at least 4 members (excludes halogenated alkanes) is 1. The summed E-state index contributed by atoms with van der Waals surface area (Å²) in [4.78, 5) is 205. The number of aliphatic hydroxyl groups excluding tert-OH is 1. The van der Waals surface area contributed by atoms with Crippen molar-refractivity contribution < 1.29 is 97.5 Å². The zero-order valence-corrected chi connectivity index (χ0v) is 51.8. The molecule has 2 aliphatic rings. The lowest BCUT2D eigenvalue weighted by Gasteiger charge is -2.34. The van der Waals surface area contributed by atoms with Crippen molar-refractivity contribution in [3.63, 3.8) is 0 Å². The molecule has 11 amide bonds. The second kappa shape index (κ2) is 36.7. The molecule has 498 valence electrons. The van der Waals surface area contributed by atoms with Gasteiger partial charge in [0.25, 0.3) is 0 Å². The van der Waals surface area contributed by atoms with Crippen LogP contribution in [0.3, 0.4) is 0 Å². The maximum Gasteiger partial charge on any atom is 0.335 e. The number of carbonyl (C=O) groups is 15. The Morgan fingerprint density at radius 2 is 1.25 bits per heavy atom. The van der Waals surface area contributed by atoms with Gasteiger partial charge >= 0.3 is 23.9 Å². The quantitative estimate of drug-likeness (QED) is 0.0268. The van der Waals surface area contributed by atoms with Crippen molar-refractivity contribution in [1.82, 2.24) is 58.1 Å². The van der Waals surface area contributed by atoms with Crippen molar-refractivity contribution in [2.45, 2.75) is 187 Å². The number of nitrogens with zero attached hydrogens (tertiary/aromatic N) is 1. The van der Waals surface area contributed by atoms with Gasteiger partial charge < -0.3 is 89.3 Å². The topological polar surface area (TPSA) is 507 Å². The Morgan fingerprint density at radius 3 is 1.81 bits per heavy atom. The molecule has 32 heteroatoms. The number of amides is 11. The first kappa shape index (κ1) is 76.5. The molecule has 89 heavy (non-hydrogen) atoms. The molecule has 2 rings (SSSR count). The smallest absolute Gasteiger partial charge is 0.335 e. The van der Waals surface area contributed by atoms with Crippen LogP contribution in [-0.4, -0.2) is 205 Å². The first-order valence-electron chi connectivity index (χ1n) is 29.5. The van der Waals surface area contributed by atoms with E-state index < -0.39 is 198 Å². The SMILES string of the molecule is CCC(C)CC/C=C\C=C\C(=O)N[C@H](C(=O)N[C@@H]1C(=O)N[C@H](C(C)C)C(=O)N[C@@H](CCCCN)C(=O)N[C@@H]([C@H](O)C(=O)O)C(=O)N[C@@H](CC(=O)O)C(=O)NCC(=O)N[C@H]([C@H](C)C(=O)O)C(=O)N[C@@H](C(C)C)C(=O)N2C[C@H](C)C[C@H]2C(=O)NC1C)[C@H](C)C(=O)O. The van der Waals surface area contributed by atoms with E-state index in [-0.39, 0.29) is 38.8 Å². The molecule has 2 fully saturated rings. The Hall–Kier alpha value is -8.55. The second-order valence-corrected chi connectivity index (χ2v) is 23.2. The first-order chi connectivity index (χ1) is 41.6. The van der Waals surface area contributed by atoms with E-state index in [0.717, 1.165) is 37.7 Å². The van der Waals surface area contributed by atoms with Crippen molar-refractivity contribution in [3.05, 3.63) is 24.3 Å². The van der Waals surface area contributed by atoms with Crippen LogP contribution in [0.1, 0.15) is 121 Å². The van der Waals surface area contributed by atoms with Crippen LogP contribution in [0.25, 0.3) is 0 Å². The Morgan fingerprint density at radius 1 is 0.663 bits per heavy atom. The molecule has 0 aromatic carbocycles. The number of carbonyl (C=O) groups excluding carboxylic acids is 11. The first-order valence-corrected chi connectivity index (χ1v) is 29.5. The lowest BCUT2D eigenvalue weighted by molar-refractivity contribution is -0.153. The molecule has 0 aromatic rings. The summed E-state index contributed by atoms with van der Waals surface area (Å²) < 4.78 is 0. The summed E-state index contributed by atoms with van der Waals surface area (Å²) in [6.45, 7) is 13.9. The van der Waals surface area contributed by atoms with Crippen molar-refractivity contribution in [2.75, 3.05) is 19.6 Å². The number of allylic oxidation sites excluding steroid dienone is 3. The molecule has 0 aliphatic carbocycles. The number of nitrogens with two attached hydrogens (primary N) is 1. The van der Waals surface area contributed by atoms with Gasteiger partial charge in [0, 0.05) is 12.6 Å². The number of carboxylic acid groups (broad SMARTS) is 4. The number of hydrogen-bond donors (Lipinski definition) is 16. The fourth-order valence-electron chi connectivity index (χ4n) is 9.41. The predicted molar refractivity (Wildman–Crippen MR) is 314 cm³/mol. The number of hydrogen-bond acceptors (Lipinski definition) is 17. The molecule has 2 heterocycles. The van der Waals surface area contributed by atoms with E-state index >= 15 is 0 Å². The summed E-state index contributed by atoms with van der Waals surface area (Å²) in [6, 6.07) is -18.6. The van der Waals surface area contributed by atoms with Gasteiger partial charge in [0.15, 0.2) is 6.10 Å². The highest BCUT2D eigenvalue weighted by Gasteiger charge is 2.45. The van der Waals surface area contributed by atoms with Crippen molar-refractivity contribution in [3.8, 4) is 0 Å². The molecule has 0 bridgehead atoms. The Kier molecular flexibility index (Phi) is 31.6. The minimum absolute atomic E-state index is 0.0276. The molecule has 0 radical (unpaired) electrons. The van der Waals surface area contributed by atoms with Gasteiger partial charge in [0.05, 0.1) is 30.8 Å². The molecule has 0 aromatic heterocycles. The van der Waals surface area contributed by atoms with Crippen molar-refractivity contribution in [1.29, 1.82) is 0 Å². The van der Waals surface area contributed by atoms with Gasteiger partial charge in [0.2, 0.25) is 65.0 Å². The van der Waals surface area contributed by atoms with E-state index in [1.54, 1.807) is 13.0 Å². The summed E-state index contributed by atoms with van der Waals surface area (Å²) >= 11 is 0. The lowest BCUT2D eigenvalue weighted by atomic mass is 9.97. The third-order valence-electron chi connectivity index (χ3n) is 15.2. The summed E-state index contributed by atoms with van der Waals surface area (Å²) in [5.41, 5.74) is 5.69. The standard InChI is InChI=1S/C57H90N12O20/c1-11-28(6)18-14-12-13-15-20-36(70)63-41(30(8)55(84)85)51(80)67-43-32(10)60-48(77)35-22-29(7)25-69(35)54(83)40(27(4)5)66-50(79)42(31(9)56(86)87)64-37(71)24-59-46(75)34(23-38(72)73)62-53(82)44(45(74)57(88)89)68-47(76)33(19-16-17-21-58)61-49(78)39(26(2)3)65-52(43)81/h12-13,15,20,26-35,39-45,74H,11,14,16-19,21-25,58H2,1-10H3,(H,59,75)(H,60,77)(H,61,78)(H,62,82)(H,63,70)(H,64,71)(H,65,81)(H,66,79)(H,67,80)(H,68,76)(H,72,73)(H,84,85)(H,86,87)(H,88,89)/b13-12-,20-15+/t28?,29-,30+,31+,32?,33+,34+,35+,39-,40+,41+,42-,43+,44+,45+/m1/s1. The molecular formula is C57H90N12O20. The predicted octanol–water partition coefficient (Wildman–Crippen LogP) is -3.52. The summed E-state index contributed by atoms with van der Waals surface area (Å²) in [5, 5.41) is 73.2. The molecule has 2 aliphatic heterocycles. The number of aliphatic carboxylic acids is 4. The third kappa shape index (κ3) is 24.2. The Bertz CT molecular complexity index is 2650. The van der Waals surface area contributed by atoms with Gasteiger partial charge in [-0.15, -0.1) is 0 Å². The highest BCUT2D eigenvalue weighted by molar-refractivity contribution is 6.02. The van der Waals surface area contributed by atoms with Crippen LogP contribution in [0.4, 0.5) is 0 Å². The van der Waals surface area contributed by atoms with E-state index in [2.05, 4.69) is 44.1 Å². The zero-order valence-electron chi connectivity index (χ0n) is 51.8. The average Bonchev–Trinajstić information content (AvgIpc) is 2.39. The molecule has 2 unspecified atom stereocenters. The lowest BCUT2D eigenvalue weighted by Crippen LogP contribution is -2.65. The van der Waals surface area contributed by atoms with Crippen molar-refractivity contribution >= 4 is 88.9 Å². The molecule has 32 nitrogen and oxygen atoms in total. The van der Waals surface area contributed by atoms with Gasteiger partial charge in [-0.1, -0.05) is 73.1 Å². The van der Waals surface area contributed by atoms with Gasteiger partial charge in [-0.05, 0) is 89.5 Å². The van der Waals surface area contributed by atoms with Gasteiger partial charge in [-0.3, -0.25) is 67.1 Å². The third-order valence-corrected chi connectivity index (χ3v) is 15.2. The van der Waals surface area contributed by atoms with Crippen LogP contribution >= 0.6 is 0 Å². The number of rotatable bonds is 23. The van der Waals surface area contributed by atoms with Crippen LogP contribution < -0.4 is 58.9 Å². The highest BCUT2D eigenvalue weighted by atomic mass is 16.4. The van der Waals surface area contributed by atoms with E-state index in [1.807, 2.05) is 29.0 Å².